The Morgan fingerprint density at radius 1 is 1.41 bits per heavy atom. The quantitative estimate of drug-likeness (QED) is 0.817. The summed E-state index contributed by atoms with van der Waals surface area (Å²) in [5.74, 6) is 0.953. The van der Waals surface area contributed by atoms with Crippen molar-refractivity contribution in [2.24, 2.45) is 0 Å². The number of aromatic nitrogens is 2. The highest BCUT2D eigenvalue weighted by Gasteiger charge is 2.20. The molecule has 0 amide bonds. The lowest BCUT2D eigenvalue weighted by atomic mass is 10.2. The number of nitrogens with zero attached hydrogens (tertiary/aromatic N) is 3. The summed E-state index contributed by atoms with van der Waals surface area (Å²) in [7, 11) is 2.07. The molecule has 0 bridgehead atoms. The van der Waals surface area contributed by atoms with Crippen molar-refractivity contribution in [2.75, 3.05) is 11.9 Å². The number of hydrogen-bond acceptors (Lipinski definition) is 4. The zero-order chi connectivity index (χ0) is 12.3. The molecule has 94 valence electrons. The van der Waals surface area contributed by atoms with Crippen LogP contribution in [0.2, 0.25) is 0 Å². The third kappa shape index (κ3) is 3.40. The summed E-state index contributed by atoms with van der Waals surface area (Å²) in [6.45, 7) is 5.22. The highest BCUT2D eigenvalue weighted by molar-refractivity contribution is 5.37. The van der Waals surface area contributed by atoms with Gasteiger partial charge >= 0.3 is 0 Å². The predicted octanol–water partition coefficient (Wildman–Crippen LogP) is 1.96. The van der Waals surface area contributed by atoms with Crippen molar-refractivity contribution in [1.82, 2.24) is 15.5 Å². The number of anilines is 1. The van der Waals surface area contributed by atoms with Gasteiger partial charge in [0.1, 0.15) is 0 Å². The molecule has 0 aromatic carbocycles. The second-order valence-electron chi connectivity index (χ2n) is 4.91. The Balaban J connectivity index is 1.91. The van der Waals surface area contributed by atoms with Crippen molar-refractivity contribution in [3.63, 3.8) is 0 Å². The third-order valence-corrected chi connectivity index (χ3v) is 3.47. The van der Waals surface area contributed by atoms with E-state index in [1.165, 1.54) is 12.8 Å². The Hall–Kier alpha value is -1.16. The summed E-state index contributed by atoms with van der Waals surface area (Å²) in [5, 5.41) is 12.0. The van der Waals surface area contributed by atoms with E-state index in [-0.39, 0.29) is 0 Å². The van der Waals surface area contributed by atoms with E-state index < -0.39 is 0 Å². The summed E-state index contributed by atoms with van der Waals surface area (Å²) >= 11 is 0. The van der Waals surface area contributed by atoms with Crippen molar-refractivity contribution in [1.29, 1.82) is 0 Å². The molecule has 0 radical (unpaired) electrons. The highest BCUT2D eigenvalue weighted by atomic mass is 15.3. The first-order chi connectivity index (χ1) is 8.20. The molecule has 1 heterocycles. The van der Waals surface area contributed by atoms with Gasteiger partial charge in [0, 0.05) is 25.7 Å². The Morgan fingerprint density at radius 2 is 2.18 bits per heavy atom. The summed E-state index contributed by atoms with van der Waals surface area (Å²) in [6, 6.07) is 5.35. The Labute approximate surface area is 103 Å². The maximum atomic E-state index is 4.28. The normalized spacial score (nSPS) is 16.9. The number of hydrogen-bond donors (Lipinski definition) is 1. The lowest BCUT2D eigenvalue weighted by Gasteiger charge is -2.24. The van der Waals surface area contributed by atoms with E-state index in [1.54, 1.807) is 0 Å². The third-order valence-electron chi connectivity index (χ3n) is 3.47. The van der Waals surface area contributed by atoms with Crippen molar-refractivity contribution in [3.8, 4) is 0 Å². The summed E-state index contributed by atoms with van der Waals surface area (Å²) in [5.41, 5.74) is 1.03. The van der Waals surface area contributed by atoms with Crippen LogP contribution in [0, 0.1) is 0 Å². The largest absolute Gasteiger partial charge is 0.356 e. The van der Waals surface area contributed by atoms with Crippen LogP contribution < -0.4 is 10.2 Å². The number of nitrogens with one attached hydrogen (secondary N) is 1. The van der Waals surface area contributed by atoms with Crippen LogP contribution in [0.1, 0.15) is 38.8 Å². The van der Waals surface area contributed by atoms with E-state index in [9.17, 15) is 0 Å². The molecule has 1 aliphatic carbocycles. The van der Waals surface area contributed by atoms with Gasteiger partial charge in [-0.1, -0.05) is 6.92 Å². The smallest absolute Gasteiger partial charge is 0.151 e. The van der Waals surface area contributed by atoms with Crippen LogP contribution in [0.15, 0.2) is 12.1 Å². The average molecular weight is 234 g/mol. The van der Waals surface area contributed by atoms with Crippen LogP contribution in [0.4, 0.5) is 5.82 Å². The van der Waals surface area contributed by atoms with Gasteiger partial charge in [-0.15, -0.1) is 5.10 Å². The van der Waals surface area contributed by atoms with Gasteiger partial charge in [0.15, 0.2) is 5.82 Å². The molecule has 1 N–H and O–H groups in total. The summed E-state index contributed by atoms with van der Waals surface area (Å²) < 4.78 is 0. The second kappa shape index (κ2) is 5.45. The van der Waals surface area contributed by atoms with Gasteiger partial charge in [0.05, 0.1) is 5.69 Å². The standard InChI is InChI=1S/C13H22N4/c1-4-10(2)17(3)13-8-7-12(15-16-13)9-14-11-5-6-11/h7-8,10-11,14H,4-6,9H2,1-3H3. The molecule has 1 aliphatic rings. The lowest BCUT2D eigenvalue weighted by molar-refractivity contribution is 0.641. The molecule has 4 nitrogen and oxygen atoms in total. The molecule has 2 rings (SSSR count). The maximum Gasteiger partial charge on any atom is 0.151 e. The molecule has 1 atom stereocenters. The molecule has 0 spiro atoms. The Kier molecular flexibility index (Phi) is 3.94. The highest BCUT2D eigenvalue weighted by Crippen LogP contribution is 2.19. The van der Waals surface area contributed by atoms with Gasteiger partial charge in [0.25, 0.3) is 0 Å². The zero-order valence-corrected chi connectivity index (χ0v) is 11.0. The SMILES string of the molecule is CCC(C)N(C)c1ccc(CNC2CC2)nn1. The minimum Gasteiger partial charge on any atom is -0.356 e. The van der Waals surface area contributed by atoms with Gasteiger partial charge in [-0.2, -0.15) is 5.10 Å². The second-order valence-corrected chi connectivity index (χ2v) is 4.91. The Bertz CT molecular complexity index is 345. The minimum absolute atomic E-state index is 0.500. The van der Waals surface area contributed by atoms with E-state index in [0.29, 0.717) is 6.04 Å². The van der Waals surface area contributed by atoms with Gasteiger partial charge in [-0.3, -0.25) is 0 Å². The average Bonchev–Trinajstić information content (AvgIpc) is 3.19. The molecule has 1 saturated carbocycles. The fraction of sp³-hybridized carbons (Fsp3) is 0.692. The van der Waals surface area contributed by atoms with Gasteiger partial charge in [-0.25, -0.2) is 0 Å². The molecule has 1 aromatic heterocycles. The molecule has 1 unspecified atom stereocenters. The summed E-state index contributed by atoms with van der Waals surface area (Å²) in [6.07, 6.45) is 3.73. The fourth-order valence-electron chi connectivity index (χ4n) is 1.67. The minimum atomic E-state index is 0.500. The molecule has 0 saturated heterocycles. The van der Waals surface area contributed by atoms with Crippen LogP contribution in [0.3, 0.4) is 0 Å². The van der Waals surface area contributed by atoms with E-state index in [0.717, 1.165) is 30.5 Å². The maximum absolute atomic E-state index is 4.28. The molecule has 17 heavy (non-hydrogen) atoms. The molecular formula is C13H22N4. The van der Waals surface area contributed by atoms with Crippen molar-refractivity contribution in [3.05, 3.63) is 17.8 Å². The Morgan fingerprint density at radius 3 is 2.71 bits per heavy atom. The van der Waals surface area contributed by atoms with Crippen LogP contribution in [-0.2, 0) is 6.54 Å². The van der Waals surface area contributed by atoms with Gasteiger partial charge < -0.3 is 10.2 Å². The molecule has 0 aliphatic heterocycles. The lowest BCUT2D eigenvalue weighted by Crippen LogP contribution is -2.29. The van der Waals surface area contributed by atoms with Crippen LogP contribution in [0.5, 0.6) is 0 Å². The van der Waals surface area contributed by atoms with E-state index >= 15 is 0 Å². The van der Waals surface area contributed by atoms with Crippen LogP contribution in [-0.4, -0.2) is 29.3 Å². The zero-order valence-electron chi connectivity index (χ0n) is 11.0. The van der Waals surface area contributed by atoms with Crippen LogP contribution >= 0.6 is 0 Å². The fourth-order valence-corrected chi connectivity index (χ4v) is 1.67. The van der Waals surface area contributed by atoms with Crippen molar-refractivity contribution in [2.45, 2.75) is 51.7 Å². The van der Waals surface area contributed by atoms with E-state index in [1.807, 2.05) is 0 Å². The molecule has 4 heteroatoms. The summed E-state index contributed by atoms with van der Waals surface area (Å²) in [4.78, 5) is 2.17. The topological polar surface area (TPSA) is 41.0 Å². The predicted molar refractivity (Wildman–Crippen MR) is 70.0 cm³/mol. The van der Waals surface area contributed by atoms with Crippen molar-refractivity contribution < 1.29 is 0 Å². The first-order valence-electron chi connectivity index (χ1n) is 6.49. The van der Waals surface area contributed by atoms with E-state index in [2.05, 4.69) is 53.4 Å². The van der Waals surface area contributed by atoms with Gasteiger partial charge in [-0.05, 0) is 38.3 Å². The first kappa shape index (κ1) is 12.3. The first-order valence-corrected chi connectivity index (χ1v) is 6.49. The molecule has 1 fully saturated rings. The van der Waals surface area contributed by atoms with Crippen LogP contribution in [0.25, 0.3) is 0 Å². The molecular weight excluding hydrogens is 212 g/mol. The molecule has 1 aromatic rings. The number of rotatable bonds is 6. The van der Waals surface area contributed by atoms with Gasteiger partial charge in [0.2, 0.25) is 0 Å². The van der Waals surface area contributed by atoms with E-state index in [4.69, 9.17) is 0 Å². The monoisotopic (exact) mass is 234 g/mol. The van der Waals surface area contributed by atoms with Crippen molar-refractivity contribution >= 4 is 5.82 Å².